The van der Waals surface area contributed by atoms with Crippen molar-refractivity contribution in [2.24, 2.45) is 0 Å². The van der Waals surface area contributed by atoms with Gasteiger partial charge in [0.2, 0.25) is 0 Å². The summed E-state index contributed by atoms with van der Waals surface area (Å²) in [4.78, 5) is 14.2. The van der Waals surface area contributed by atoms with Crippen molar-refractivity contribution in [3.05, 3.63) is 47.2 Å². The molecule has 0 spiro atoms. The molecule has 22 heavy (non-hydrogen) atoms. The molecule has 0 saturated heterocycles. The van der Waals surface area contributed by atoms with Crippen molar-refractivity contribution >= 4 is 17.2 Å². The van der Waals surface area contributed by atoms with Crippen LogP contribution in [0.5, 0.6) is 0 Å². The lowest BCUT2D eigenvalue weighted by atomic mass is 10.1. The third kappa shape index (κ3) is 2.37. The van der Waals surface area contributed by atoms with E-state index in [9.17, 15) is 0 Å². The zero-order valence-corrected chi connectivity index (χ0v) is 12.6. The topological polar surface area (TPSA) is 64.7 Å². The highest BCUT2D eigenvalue weighted by molar-refractivity contribution is 7.15. The highest BCUT2D eigenvalue weighted by atomic mass is 32.1. The van der Waals surface area contributed by atoms with Crippen molar-refractivity contribution in [2.45, 2.75) is 25.6 Å². The molecule has 1 aliphatic rings. The second kappa shape index (κ2) is 5.18. The van der Waals surface area contributed by atoms with Crippen LogP contribution in [0, 0.1) is 6.85 Å². The van der Waals surface area contributed by atoms with Crippen molar-refractivity contribution in [3.8, 4) is 21.8 Å². The van der Waals surface area contributed by atoms with Gasteiger partial charge in [-0.1, -0.05) is 24.3 Å². The van der Waals surface area contributed by atoms with Gasteiger partial charge in [0.15, 0.2) is 5.82 Å². The third-order valence-electron chi connectivity index (χ3n) is 3.69. The maximum absolute atomic E-state index is 7.73. The molecule has 110 valence electrons. The van der Waals surface area contributed by atoms with E-state index in [-0.39, 0.29) is 5.56 Å². The highest BCUT2D eigenvalue weighted by Crippen LogP contribution is 2.43. The lowest BCUT2D eigenvalue weighted by Gasteiger charge is -2.07. The van der Waals surface area contributed by atoms with E-state index in [2.05, 4.69) is 15.0 Å². The second-order valence-electron chi connectivity index (χ2n) is 5.37. The molecular weight excluding hydrogens is 292 g/mol. The van der Waals surface area contributed by atoms with E-state index in [4.69, 9.17) is 9.85 Å². The Morgan fingerprint density at radius 2 is 2.09 bits per heavy atom. The van der Waals surface area contributed by atoms with Crippen molar-refractivity contribution in [3.63, 3.8) is 0 Å². The molecule has 1 saturated carbocycles. The summed E-state index contributed by atoms with van der Waals surface area (Å²) >= 11 is 1.58. The molecule has 2 heterocycles. The fourth-order valence-electron chi connectivity index (χ4n) is 2.33. The summed E-state index contributed by atoms with van der Waals surface area (Å²) in [6.45, 7) is -2.22. The number of anilines is 1. The minimum Gasteiger partial charge on any atom is -0.382 e. The van der Waals surface area contributed by atoms with Gasteiger partial charge in [-0.3, -0.25) is 0 Å². The largest absolute Gasteiger partial charge is 0.382 e. The van der Waals surface area contributed by atoms with Gasteiger partial charge in [0.05, 0.1) is 21.8 Å². The summed E-state index contributed by atoms with van der Waals surface area (Å²) < 4.78 is 23.2. The van der Waals surface area contributed by atoms with E-state index >= 15 is 0 Å². The number of thiazole rings is 1. The van der Waals surface area contributed by atoms with Crippen molar-refractivity contribution in [1.82, 2.24) is 15.0 Å². The molecule has 0 amide bonds. The molecule has 3 aromatic rings. The number of nitrogens with two attached hydrogens (primary N) is 1. The molecule has 2 aromatic heterocycles. The van der Waals surface area contributed by atoms with Gasteiger partial charge in [-0.15, -0.1) is 11.3 Å². The van der Waals surface area contributed by atoms with E-state index in [0.717, 1.165) is 9.88 Å². The summed E-state index contributed by atoms with van der Waals surface area (Å²) in [6.07, 6.45) is 5.66. The lowest BCUT2D eigenvalue weighted by Crippen LogP contribution is -1.98. The SMILES string of the molecule is [2H]C([2H])([2H])c1ccccc1-c1cnc(N)c(-c2cnc(C3CC3)s2)n1. The molecule has 5 heteroatoms. The Hall–Kier alpha value is -2.27. The number of nitrogen functional groups attached to an aromatic ring is 1. The van der Waals surface area contributed by atoms with Crippen molar-refractivity contribution < 1.29 is 4.11 Å². The first-order valence-corrected chi connectivity index (χ1v) is 7.93. The summed E-state index contributed by atoms with van der Waals surface area (Å²) in [5.74, 6) is 0.883. The maximum atomic E-state index is 7.73. The number of nitrogens with zero attached hydrogens (tertiary/aromatic N) is 3. The molecule has 0 radical (unpaired) electrons. The average molecular weight is 311 g/mol. The van der Waals surface area contributed by atoms with Crippen LogP contribution in [0.15, 0.2) is 36.7 Å². The van der Waals surface area contributed by atoms with E-state index in [1.807, 2.05) is 0 Å². The molecule has 0 atom stereocenters. The predicted molar refractivity (Wildman–Crippen MR) is 89.7 cm³/mol. The molecule has 0 bridgehead atoms. The van der Waals surface area contributed by atoms with Crippen LogP contribution in [-0.4, -0.2) is 15.0 Å². The normalized spacial score (nSPS) is 16.8. The molecule has 1 fully saturated rings. The first kappa shape index (κ1) is 10.5. The van der Waals surface area contributed by atoms with Gasteiger partial charge in [-0.2, -0.15) is 0 Å². The zero-order valence-electron chi connectivity index (χ0n) is 14.8. The van der Waals surface area contributed by atoms with Crippen molar-refractivity contribution in [1.29, 1.82) is 0 Å². The van der Waals surface area contributed by atoms with Crippen LogP contribution in [-0.2, 0) is 0 Å². The number of benzene rings is 1. The lowest BCUT2D eigenvalue weighted by molar-refractivity contribution is 1.08. The second-order valence-corrected chi connectivity index (χ2v) is 6.43. The fraction of sp³-hybridized carbons (Fsp3) is 0.235. The first-order valence-electron chi connectivity index (χ1n) is 8.62. The standard InChI is InChI=1S/C17H16N4S/c1-10-4-2-3-5-12(10)13-8-19-16(18)15(21-13)14-9-20-17(22-14)11-6-7-11/h2-5,8-9,11H,6-7H2,1H3,(H2,18,19)/i1D3. The van der Waals surface area contributed by atoms with Crippen molar-refractivity contribution in [2.75, 3.05) is 5.73 Å². The first-order chi connectivity index (χ1) is 11.9. The molecule has 1 aliphatic carbocycles. The van der Waals surface area contributed by atoms with Gasteiger partial charge in [0.1, 0.15) is 5.69 Å². The Balaban J connectivity index is 1.80. The monoisotopic (exact) mass is 311 g/mol. The Labute approximate surface area is 137 Å². The van der Waals surface area contributed by atoms with Crippen LogP contribution in [0.3, 0.4) is 0 Å². The Bertz CT molecular complexity index is 932. The minimum absolute atomic E-state index is 0.253. The maximum Gasteiger partial charge on any atom is 0.150 e. The Kier molecular flexibility index (Phi) is 2.46. The predicted octanol–water partition coefficient (Wildman–Crippen LogP) is 4.04. The minimum atomic E-state index is -2.22. The zero-order chi connectivity index (χ0) is 17.6. The Morgan fingerprint density at radius 1 is 1.23 bits per heavy atom. The fourth-order valence-corrected chi connectivity index (χ4v) is 3.42. The third-order valence-corrected chi connectivity index (χ3v) is 4.85. The summed E-state index contributed by atoms with van der Waals surface area (Å²) in [7, 11) is 0. The van der Waals surface area contributed by atoms with Crippen LogP contribution < -0.4 is 5.73 Å². The highest BCUT2D eigenvalue weighted by Gasteiger charge is 2.27. The van der Waals surface area contributed by atoms with Crippen LogP contribution in [0.1, 0.15) is 33.4 Å². The van der Waals surface area contributed by atoms with E-state index < -0.39 is 6.85 Å². The average Bonchev–Trinajstić information content (AvgIpc) is 3.32. The molecule has 1 aromatic carbocycles. The number of aromatic nitrogens is 3. The molecular formula is C17H16N4S. The van der Waals surface area contributed by atoms with Crippen LogP contribution in [0.4, 0.5) is 5.82 Å². The summed E-state index contributed by atoms with van der Waals surface area (Å²) in [5.41, 5.74) is 7.87. The van der Waals surface area contributed by atoms with Crippen LogP contribution in [0.25, 0.3) is 21.8 Å². The van der Waals surface area contributed by atoms with Gasteiger partial charge in [0.25, 0.3) is 0 Å². The van der Waals surface area contributed by atoms with Crippen LogP contribution in [0.2, 0.25) is 0 Å². The summed E-state index contributed by atoms with van der Waals surface area (Å²) in [6, 6.07) is 6.84. The number of hydrogen-bond donors (Lipinski definition) is 1. The van der Waals surface area contributed by atoms with Gasteiger partial charge in [-0.25, -0.2) is 15.0 Å². The smallest absolute Gasteiger partial charge is 0.150 e. The molecule has 4 nitrogen and oxygen atoms in total. The molecule has 2 N–H and O–H groups in total. The van der Waals surface area contributed by atoms with E-state index in [1.165, 1.54) is 19.0 Å². The number of rotatable bonds is 3. The van der Waals surface area contributed by atoms with Crippen LogP contribution >= 0.6 is 11.3 Å². The van der Waals surface area contributed by atoms with Gasteiger partial charge in [0, 0.05) is 21.8 Å². The molecule has 4 rings (SSSR count). The molecule has 0 aliphatic heterocycles. The van der Waals surface area contributed by atoms with Gasteiger partial charge < -0.3 is 5.73 Å². The van der Waals surface area contributed by atoms with Gasteiger partial charge >= 0.3 is 0 Å². The Morgan fingerprint density at radius 3 is 2.91 bits per heavy atom. The number of hydrogen-bond acceptors (Lipinski definition) is 5. The molecule has 0 unspecified atom stereocenters. The van der Waals surface area contributed by atoms with E-state index in [1.54, 1.807) is 41.8 Å². The summed E-state index contributed by atoms with van der Waals surface area (Å²) in [5, 5.41) is 1.10. The quantitative estimate of drug-likeness (QED) is 0.793. The van der Waals surface area contributed by atoms with Gasteiger partial charge in [-0.05, 0) is 25.3 Å². The van der Waals surface area contributed by atoms with E-state index in [0.29, 0.717) is 28.7 Å². The number of aryl methyl sites for hydroxylation is 1.